The minimum absolute atomic E-state index is 0.181. The summed E-state index contributed by atoms with van der Waals surface area (Å²) < 4.78 is 27.4. The number of nitrogens with zero attached hydrogens (tertiary/aromatic N) is 1. The summed E-state index contributed by atoms with van der Waals surface area (Å²) in [6.45, 7) is 2.26. The normalized spacial score (nSPS) is 17.3. The molecule has 2 rings (SSSR count). The molecule has 0 spiro atoms. The monoisotopic (exact) mass is 275 g/mol. The molecule has 1 fully saturated rings. The van der Waals surface area contributed by atoms with Crippen LogP contribution in [0.2, 0.25) is 0 Å². The van der Waals surface area contributed by atoms with E-state index in [1.54, 1.807) is 0 Å². The van der Waals surface area contributed by atoms with Gasteiger partial charge >= 0.3 is 0 Å². The van der Waals surface area contributed by atoms with E-state index in [0.717, 1.165) is 25.9 Å². The highest BCUT2D eigenvalue weighted by atomic mass is 79.9. The zero-order valence-corrected chi connectivity index (χ0v) is 9.86. The first-order valence-corrected chi connectivity index (χ1v) is 5.82. The van der Waals surface area contributed by atoms with Crippen molar-refractivity contribution in [3.05, 3.63) is 33.8 Å². The second-order valence-corrected chi connectivity index (χ2v) is 4.75. The van der Waals surface area contributed by atoms with Crippen molar-refractivity contribution in [3.63, 3.8) is 0 Å². The van der Waals surface area contributed by atoms with Gasteiger partial charge in [-0.1, -0.05) is 15.9 Å². The van der Waals surface area contributed by atoms with E-state index in [-0.39, 0.29) is 5.56 Å². The molecule has 1 aliphatic rings. The third-order valence-electron chi connectivity index (χ3n) is 2.69. The first kappa shape index (κ1) is 11.0. The molecule has 1 saturated heterocycles. The molecule has 4 heteroatoms. The number of hydrogen-bond acceptors (Lipinski definition) is 1. The largest absolute Gasteiger partial charge is 0.299 e. The summed E-state index contributed by atoms with van der Waals surface area (Å²) in [6, 6.07) is 2.63. The van der Waals surface area contributed by atoms with Crippen LogP contribution in [0.5, 0.6) is 0 Å². The molecule has 1 aromatic rings. The molecule has 1 aromatic carbocycles. The smallest absolute Gasteiger partial charge is 0.131 e. The molecule has 0 aliphatic carbocycles. The van der Waals surface area contributed by atoms with Gasteiger partial charge in [-0.2, -0.15) is 0 Å². The quantitative estimate of drug-likeness (QED) is 0.801. The van der Waals surface area contributed by atoms with E-state index in [2.05, 4.69) is 20.8 Å². The number of hydrogen-bond donors (Lipinski definition) is 0. The van der Waals surface area contributed by atoms with Gasteiger partial charge in [0.25, 0.3) is 0 Å². The van der Waals surface area contributed by atoms with Crippen molar-refractivity contribution < 1.29 is 8.78 Å². The fourth-order valence-electron chi connectivity index (χ4n) is 1.89. The zero-order chi connectivity index (χ0) is 10.8. The Morgan fingerprint density at radius 1 is 1.13 bits per heavy atom. The second-order valence-electron chi connectivity index (χ2n) is 3.83. The fourth-order valence-corrected chi connectivity index (χ4v) is 2.29. The maximum Gasteiger partial charge on any atom is 0.131 e. The number of benzene rings is 1. The molecule has 82 valence electrons. The second kappa shape index (κ2) is 4.58. The molecule has 1 aliphatic heterocycles. The predicted molar refractivity (Wildman–Crippen MR) is 58.6 cm³/mol. The lowest BCUT2D eigenvalue weighted by atomic mass is 10.2. The van der Waals surface area contributed by atoms with Gasteiger partial charge in [0.2, 0.25) is 0 Å². The third kappa shape index (κ3) is 2.55. The van der Waals surface area contributed by atoms with Crippen LogP contribution in [0.4, 0.5) is 8.78 Å². The van der Waals surface area contributed by atoms with Crippen molar-refractivity contribution in [2.45, 2.75) is 19.4 Å². The van der Waals surface area contributed by atoms with Crippen LogP contribution in [0.15, 0.2) is 16.6 Å². The Kier molecular flexibility index (Phi) is 3.36. The van der Waals surface area contributed by atoms with Crippen molar-refractivity contribution in [3.8, 4) is 0 Å². The Morgan fingerprint density at radius 2 is 1.67 bits per heavy atom. The third-order valence-corrected chi connectivity index (χ3v) is 3.14. The summed E-state index contributed by atoms with van der Waals surface area (Å²) in [7, 11) is 0. The molecular formula is C11H12BrF2N. The topological polar surface area (TPSA) is 3.24 Å². The van der Waals surface area contributed by atoms with Crippen molar-refractivity contribution >= 4 is 15.9 Å². The first-order chi connectivity index (χ1) is 7.16. The summed E-state index contributed by atoms with van der Waals surface area (Å²) >= 11 is 3.07. The molecule has 0 bridgehead atoms. The predicted octanol–water partition coefficient (Wildman–Crippen LogP) is 3.32. The van der Waals surface area contributed by atoms with E-state index in [9.17, 15) is 8.78 Å². The van der Waals surface area contributed by atoms with Crippen molar-refractivity contribution in [2.75, 3.05) is 13.1 Å². The molecule has 1 nitrogen and oxygen atoms in total. The molecule has 0 radical (unpaired) electrons. The molecule has 0 amide bonds. The van der Waals surface area contributed by atoms with E-state index in [1.165, 1.54) is 12.1 Å². The van der Waals surface area contributed by atoms with Gasteiger partial charge in [-0.05, 0) is 38.1 Å². The zero-order valence-electron chi connectivity index (χ0n) is 8.27. The van der Waals surface area contributed by atoms with Crippen LogP contribution in [0.3, 0.4) is 0 Å². The standard InChI is InChI=1S/C11H12BrF2N/c12-8-5-10(13)9(11(14)6-8)7-15-3-1-2-4-15/h5-6H,1-4,7H2. The SMILES string of the molecule is Fc1cc(Br)cc(F)c1CN1CCCC1. The van der Waals surface area contributed by atoms with Crippen molar-refractivity contribution in [2.24, 2.45) is 0 Å². The van der Waals surface area contributed by atoms with Crippen LogP contribution in [0, 0.1) is 11.6 Å². The van der Waals surface area contributed by atoms with Gasteiger partial charge in [-0.15, -0.1) is 0 Å². The molecule has 0 N–H and O–H groups in total. The van der Waals surface area contributed by atoms with Crippen LogP contribution < -0.4 is 0 Å². The molecule has 0 saturated carbocycles. The summed E-state index contributed by atoms with van der Waals surface area (Å²) in [5.41, 5.74) is 0.181. The number of rotatable bonds is 2. The number of halogens is 3. The maximum absolute atomic E-state index is 13.5. The van der Waals surface area contributed by atoms with E-state index in [0.29, 0.717) is 11.0 Å². The minimum atomic E-state index is -0.464. The lowest BCUT2D eigenvalue weighted by Crippen LogP contribution is -2.20. The van der Waals surface area contributed by atoms with E-state index < -0.39 is 11.6 Å². The summed E-state index contributed by atoms with van der Waals surface area (Å²) in [6.07, 6.45) is 2.25. The Morgan fingerprint density at radius 3 is 2.20 bits per heavy atom. The average molecular weight is 276 g/mol. The van der Waals surface area contributed by atoms with Gasteiger partial charge in [0.1, 0.15) is 11.6 Å². The van der Waals surface area contributed by atoms with Gasteiger partial charge in [0.05, 0.1) is 0 Å². The van der Waals surface area contributed by atoms with E-state index in [4.69, 9.17) is 0 Å². The lowest BCUT2D eigenvalue weighted by molar-refractivity contribution is 0.318. The highest BCUT2D eigenvalue weighted by molar-refractivity contribution is 9.10. The van der Waals surface area contributed by atoms with Gasteiger partial charge in [0.15, 0.2) is 0 Å². The lowest BCUT2D eigenvalue weighted by Gasteiger charge is -2.15. The fraction of sp³-hybridized carbons (Fsp3) is 0.455. The van der Waals surface area contributed by atoms with E-state index in [1.807, 2.05) is 0 Å². The minimum Gasteiger partial charge on any atom is -0.299 e. The van der Waals surface area contributed by atoms with Gasteiger partial charge in [0, 0.05) is 16.6 Å². The molecule has 0 atom stereocenters. The molecule has 0 unspecified atom stereocenters. The van der Waals surface area contributed by atoms with Crippen LogP contribution in [0.25, 0.3) is 0 Å². The highest BCUT2D eigenvalue weighted by Gasteiger charge is 2.17. The Hall–Kier alpha value is -0.480. The molecule has 1 heterocycles. The molecule has 15 heavy (non-hydrogen) atoms. The summed E-state index contributed by atoms with van der Waals surface area (Å²) in [5.74, 6) is -0.928. The van der Waals surface area contributed by atoms with Gasteiger partial charge < -0.3 is 0 Å². The summed E-state index contributed by atoms with van der Waals surface area (Å²) in [5, 5.41) is 0. The van der Waals surface area contributed by atoms with Crippen molar-refractivity contribution in [1.82, 2.24) is 4.90 Å². The highest BCUT2D eigenvalue weighted by Crippen LogP contribution is 2.22. The van der Waals surface area contributed by atoms with Crippen molar-refractivity contribution in [1.29, 1.82) is 0 Å². The Labute approximate surface area is 96.2 Å². The maximum atomic E-state index is 13.5. The Balaban J connectivity index is 2.19. The van der Waals surface area contributed by atoms with Gasteiger partial charge in [-0.25, -0.2) is 8.78 Å². The van der Waals surface area contributed by atoms with Gasteiger partial charge in [-0.3, -0.25) is 4.90 Å². The van der Waals surface area contributed by atoms with Crippen LogP contribution in [-0.4, -0.2) is 18.0 Å². The van der Waals surface area contributed by atoms with E-state index >= 15 is 0 Å². The molecular weight excluding hydrogens is 264 g/mol. The molecule has 0 aromatic heterocycles. The first-order valence-electron chi connectivity index (χ1n) is 5.02. The number of likely N-dealkylation sites (tertiary alicyclic amines) is 1. The average Bonchev–Trinajstić information content (AvgIpc) is 2.63. The summed E-state index contributed by atoms with van der Waals surface area (Å²) in [4.78, 5) is 2.08. The Bertz CT molecular complexity index is 339. The van der Waals surface area contributed by atoms with Crippen LogP contribution in [-0.2, 0) is 6.54 Å². The van der Waals surface area contributed by atoms with Crippen LogP contribution >= 0.6 is 15.9 Å². The van der Waals surface area contributed by atoms with Crippen LogP contribution in [0.1, 0.15) is 18.4 Å².